The van der Waals surface area contributed by atoms with E-state index in [1.807, 2.05) is 0 Å². The predicted octanol–water partition coefficient (Wildman–Crippen LogP) is 2.84. The topological polar surface area (TPSA) is 20.2 Å². The Morgan fingerprint density at radius 1 is 1.38 bits per heavy atom. The molecule has 0 saturated carbocycles. The molecule has 1 aromatic carbocycles. The maximum Gasteiger partial charge on any atom is 0.0462 e. The average Bonchev–Trinajstić information content (AvgIpc) is 2.28. The van der Waals surface area contributed by atoms with Crippen LogP contribution in [0.2, 0.25) is 0 Å². The number of hydrogen-bond donors (Lipinski definition) is 1. The zero-order valence-electron chi connectivity index (χ0n) is 10.00. The highest BCUT2D eigenvalue weighted by Crippen LogP contribution is 2.47. The summed E-state index contributed by atoms with van der Waals surface area (Å²) in [4.78, 5) is 0. The fraction of sp³-hybridized carbons (Fsp3) is 0.600. The number of hydrogen-bond acceptors (Lipinski definition) is 1. The van der Waals surface area contributed by atoms with Gasteiger partial charge in [0.25, 0.3) is 0 Å². The van der Waals surface area contributed by atoms with Gasteiger partial charge in [0.2, 0.25) is 0 Å². The van der Waals surface area contributed by atoms with Gasteiger partial charge in [-0.2, -0.15) is 0 Å². The molecular weight excluding hydrogens is 196 g/mol. The lowest BCUT2D eigenvalue weighted by atomic mass is 9.61. The number of aliphatic hydroxyl groups excluding tert-OH is 1. The summed E-state index contributed by atoms with van der Waals surface area (Å²) in [7, 11) is 0. The van der Waals surface area contributed by atoms with Gasteiger partial charge in [-0.1, -0.05) is 25.1 Å². The third kappa shape index (κ3) is 1.41. The molecule has 2 atom stereocenters. The van der Waals surface area contributed by atoms with Crippen molar-refractivity contribution < 1.29 is 5.11 Å². The first kappa shape index (κ1) is 10.3. The highest BCUT2D eigenvalue weighted by Gasteiger charge is 2.39. The van der Waals surface area contributed by atoms with Gasteiger partial charge in [-0.25, -0.2) is 0 Å². The number of aryl methyl sites for hydroxylation is 1. The fourth-order valence-corrected chi connectivity index (χ4v) is 3.95. The fourth-order valence-electron chi connectivity index (χ4n) is 3.95. The Hall–Kier alpha value is -0.820. The van der Waals surface area contributed by atoms with Crippen molar-refractivity contribution in [3.8, 4) is 0 Å². The Balaban J connectivity index is 2.14. The van der Waals surface area contributed by atoms with Crippen molar-refractivity contribution in [3.63, 3.8) is 0 Å². The van der Waals surface area contributed by atoms with Crippen LogP contribution in [0, 0.1) is 5.92 Å². The molecule has 0 spiro atoms. The van der Waals surface area contributed by atoms with Crippen LogP contribution in [0.25, 0.3) is 0 Å². The smallest absolute Gasteiger partial charge is 0.0462 e. The van der Waals surface area contributed by atoms with E-state index in [0.29, 0.717) is 17.9 Å². The van der Waals surface area contributed by atoms with Crippen molar-refractivity contribution in [1.29, 1.82) is 0 Å². The van der Waals surface area contributed by atoms with Crippen LogP contribution in [0.15, 0.2) is 18.2 Å². The Bertz CT molecular complexity index is 410. The molecule has 0 bridgehead atoms. The molecule has 1 heteroatoms. The molecule has 86 valence electrons. The third-order valence-electron chi connectivity index (χ3n) is 4.52. The Morgan fingerprint density at radius 3 is 3.00 bits per heavy atom. The summed E-state index contributed by atoms with van der Waals surface area (Å²) in [6, 6.07) is 6.76. The lowest BCUT2D eigenvalue weighted by Crippen LogP contribution is -2.37. The number of aliphatic hydroxyl groups is 1. The SMILES string of the molecule is C[C@@]12CCCc3cccc(c31)C[C@H](CO)C2. The van der Waals surface area contributed by atoms with Crippen molar-refractivity contribution in [2.75, 3.05) is 6.61 Å². The van der Waals surface area contributed by atoms with E-state index in [1.54, 1.807) is 11.1 Å². The molecule has 1 nitrogen and oxygen atoms in total. The molecule has 2 aliphatic carbocycles. The van der Waals surface area contributed by atoms with Crippen LogP contribution in [0.3, 0.4) is 0 Å². The van der Waals surface area contributed by atoms with Crippen LogP contribution in [0.4, 0.5) is 0 Å². The molecule has 1 aromatic rings. The van der Waals surface area contributed by atoms with Gasteiger partial charge in [0.05, 0.1) is 0 Å². The molecule has 0 fully saturated rings. The minimum absolute atomic E-state index is 0.343. The van der Waals surface area contributed by atoms with E-state index in [9.17, 15) is 5.11 Å². The molecule has 3 rings (SSSR count). The maximum absolute atomic E-state index is 9.43. The summed E-state index contributed by atoms with van der Waals surface area (Å²) in [5.41, 5.74) is 5.05. The first-order valence-electron chi connectivity index (χ1n) is 6.45. The summed E-state index contributed by atoms with van der Waals surface area (Å²) in [6.45, 7) is 2.75. The van der Waals surface area contributed by atoms with Crippen LogP contribution >= 0.6 is 0 Å². The summed E-state index contributed by atoms with van der Waals surface area (Å²) in [5.74, 6) is 0.478. The second-order valence-corrected chi connectivity index (χ2v) is 5.82. The summed E-state index contributed by atoms with van der Waals surface area (Å²) >= 11 is 0. The molecule has 2 aliphatic rings. The van der Waals surface area contributed by atoms with Crippen molar-refractivity contribution >= 4 is 0 Å². The van der Waals surface area contributed by atoms with Crippen LogP contribution in [-0.4, -0.2) is 11.7 Å². The minimum atomic E-state index is 0.343. The molecule has 16 heavy (non-hydrogen) atoms. The zero-order chi connectivity index (χ0) is 11.2. The van der Waals surface area contributed by atoms with Crippen molar-refractivity contribution in [2.24, 2.45) is 5.92 Å². The Kier molecular flexibility index (Phi) is 2.32. The second-order valence-electron chi connectivity index (χ2n) is 5.82. The lowest BCUT2D eigenvalue weighted by Gasteiger charge is -2.44. The molecule has 0 amide bonds. The normalized spacial score (nSPS) is 32.2. The van der Waals surface area contributed by atoms with Crippen LogP contribution in [-0.2, 0) is 18.3 Å². The molecule has 0 radical (unpaired) electrons. The largest absolute Gasteiger partial charge is 0.396 e. The molecule has 0 aromatic heterocycles. The maximum atomic E-state index is 9.43. The van der Waals surface area contributed by atoms with E-state index >= 15 is 0 Å². The standard InChI is InChI=1S/C15H20O/c1-15-7-3-6-12-4-2-5-13(14(12)15)8-11(9-15)10-16/h2,4-5,11,16H,3,6-10H2,1H3/t11-,15-/m0/s1. The van der Waals surface area contributed by atoms with E-state index in [1.165, 1.54) is 31.2 Å². The van der Waals surface area contributed by atoms with Crippen molar-refractivity contribution in [3.05, 3.63) is 34.9 Å². The molecule has 0 unspecified atom stereocenters. The van der Waals surface area contributed by atoms with E-state index in [0.717, 1.165) is 6.42 Å². The molecule has 0 saturated heterocycles. The van der Waals surface area contributed by atoms with Crippen molar-refractivity contribution in [1.82, 2.24) is 0 Å². The van der Waals surface area contributed by atoms with Crippen LogP contribution < -0.4 is 0 Å². The Labute approximate surface area is 97.5 Å². The van der Waals surface area contributed by atoms with Gasteiger partial charge >= 0.3 is 0 Å². The summed E-state index contributed by atoms with van der Waals surface area (Å²) in [6.07, 6.45) is 6.12. The first-order valence-corrected chi connectivity index (χ1v) is 6.45. The van der Waals surface area contributed by atoms with Crippen LogP contribution in [0.1, 0.15) is 42.9 Å². The predicted molar refractivity (Wildman–Crippen MR) is 65.6 cm³/mol. The molecule has 0 aliphatic heterocycles. The van der Waals surface area contributed by atoms with E-state index in [-0.39, 0.29) is 0 Å². The quantitative estimate of drug-likeness (QED) is 0.765. The average molecular weight is 216 g/mol. The molecule has 1 N–H and O–H groups in total. The first-order chi connectivity index (χ1) is 7.73. The van der Waals surface area contributed by atoms with Gasteiger partial charge < -0.3 is 5.11 Å². The monoisotopic (exact) mass is 216 g/mol. The number of benzene rings is 1. The highest BCUT2D eigenvalue weighted by atomic mass is 16.3. The summed E-state index contributed by atoms with van der Waals surface area (Å²) in [5, 5.41) is 9.43. The third-order valence-corrected chi connectivity index (χ3v) is 4.52. The van der Waals surface area contributed by atoms with Gasteiger partial charge in [0.1, 0.15) is 0 Å². The van der Waals surface area contributed by atoms with Crippen LogP contribution in [0.5, 0.6) is 0 Å². The van der Waals surface area contributed by atoms with Crippen molar-refractivity contribution in [2.45, 2.75) is 44.4 Å². The van der Waals surface area contributed by atoms with E-state index < -0.39 is 0 Å². The van der Waals surface area contributed by atoms with Gasteiger partial charge in [-0.15, -0.1) is 0 Å². The van der Waals surface area contributed by atoms with Gasteiger partial charge in [0, 0.05) is 6.61 Å². The van der Waals surface area contributed by atoms with Gasteiger partial charge in [-0.05, 0) is 60.1 Å². The zero-order valence-corrected chi connectivity index (χ0v) is 10.00. The second kappa shape index (κ2) is 3.59. The number of rotatable bonds is 1. The highest BCUT2D eigenvalue weighted by molar-refractivity contribution is 5.44. The molecular formula is C15H20O. The van der Waals surface area contributed by atoms with Gasteiger partial charge in [-0.3, -0.25) is 0 Å². The minimum Gasteiger partial charge on any atom is -0.396 e. The lowest BCUT2D eigenvalue weighted by molar-refractivity contribution is 0.171. The Morgan fingerprint density at radius 2 is 2.19 bits per heavy atom. The molecule has 0 heterocycles. The van der Waals surface area contributed by atoms with Gasteiger partial charge in [0.15, 0.2) is 0 Å². The van der Waals surface area contributed by atoms with E-state index in [4.69, 9.17) is 0 Å². The van der Waals surface area contributed by atoms with E-state index in [2.05, 4.69) is 25.1 Å². The summed E-state index contributed by atoms with van der Waals surface area (Å²) < 4.78 is 0.